The minimum Gasteiger partial charge on any atom is -0.379 e. The van der Waals surface area contributed by atoms with E-state index in [0.29, 0.717) is 49.7 Å². The van der Waals surface area contributed by atoms with Gasteiger partial charge in [0, 0.05) is 43.2 Å². The number of ether oxygens (including phenoxy) is 1. The van der Waals surface area contributed by atoms with Gasteiger partial charge in [-0.2, -0.15) is 0 Å². The van der Waals surface area contributed by atoms with Gasteiger partial charge in [-0.15, -0.1) is 0 Å². The monoisotopic (exact) mass is 447 g/mol. The standard InChI is InChI=1S/C23H27ClFN3O3/c24-19-7-3-18(4-8-19)23(30)26-11-1-2-22(29)27-16-21(28-12-14-31-15-13-28)17-5-9-20(25)10-6-17/h3-10,21H,1-2,11-16H2,(H,26,30)(H,27,29). The van der Waals surface area contributed by atoms with Crippen molar-refractivity contribution in [3.05, 3.63) is 70.5 Å². The molecule has 2 amide bonds. The van der Waals surface area contributed by atoms with E-state index >= 15 is 0 Å². The Balaban J connectivity index is 1.44. The zero-order chi connectivity index (χ0) is 22.1. The Labute approximate surface area is 186 Å². The highest BCUT2D eigenvalue weighted by molar-refractivity contribution is 6.30. The summed E-state index contributed by atoms with van der Waals surface area (Å²) < 4.78 is 18.7. The van der Waals surface area contributed by atoms with Crippen molar-refractivity contribution < 1.29 is 18.7 Å². The molecule has 0 spiro atoms. The molecule has 1 unspecified atom stereocenters. The van der Waals surface area contributed by atoms with Crippen molar-refractivity contribution in [3.8, 4) is 0 Å². The lowest BCUT2D eigenvalue weighted by molar-refractivity contribution is -0.121. The van der Waals surface area contributed by atoms with Gasteiger partial charge >= 0.3 is 0 Å². The molecule has 1 atom stereocenters. The van der Waals surface area contributed by atoms with Crippen LogP contribution in [0.3, 0.4) is 0 Å². The van der Waals surface area contributed by atoms with Crippen LogP contribution in [0.5, 0.6) is 0 Å². The zero-order valence-corrected chi connectivity index (χ0v) is 18.0. The number of halogens is 2. The highest BCUT2D eigenvalue weighted by Gasteiger charge is 2.23. The molecular formula is C23H27ClFN3O3. The quantitative estimate of drug-likeness (QED) is 0.579. The highest BCUT2D eigenvalue weighted by atomic mass is 35.5. The molecule has 2 aromatic carbocycles. The molecule has 0 radical (unpaired) electrons. The molecule has 0 aromatic heterocycles. The fourth-order valence-electron chi connectivity index (χ4n) is 3.48. The van der Waals surface area contributed by atoms with Crippen LogP contribution in [0.4, 0.5) is 4.39 Å². The fourth-order valence-corrected chi connectivity index (χ4v) is 3.61. The van der Waals surface area contributed by atoms with Crippen LogP contribution in [0.2, 0.25) is 5.02 Å². The second kappa shape index (κ2) is 11.8. The lowest BCUT2D eigenvalue weighted by Gasteiger charge is -2.35. The molecule has 1 heterocycles. The third-order valence-corrected chi connectivity index (χ3v) is 5.46. The van der Waals surface area contributed by atoms with E-state index in [1.165, 1.54) is 12.1 Å². The van der Waals surface area contributed by atoms with Crippen LogP contribution in [-0.4, -0.2) is 56.1 Å². The van der Waals surface area contributed by atoms with Gasteiger partial charge in [0.05, 0.1) is 19.3 Å². The van der Waals surface area contributed by atoms with Gasteiger partial charge in [0.1, 0.15) is 5.82 Å². The van der Waals surface area contributed by atoms with E-state index < -0.39 is 0 Å². The van der Waals surface area contributed by atoms with Gasteiger partial charge in [-0.3, -0.25) is 14.5 Å². The molecule has 0 bridgehead atoms. The third kappa shape index (κ3) is 7.31. The molecule has 1 aliphatic rings. The average molecular weight is 448 g/mol. The van der Waals surface area contributed by atoms with Crippen LogP contribution in [0.15, 0.2) is 48.5 Å². The number of rotatable bonds is 9. The van der Waals surface area contributed by atoms with E-state index in [-0.39, 0.29) is 23.7 Å². The molecule has 166 valence electrons. The maximum atomic E-state index is 13.3. The first kappa shape index (κ1) is 23.2. The number of morpholine rings is 1. The first-order valence-electron chi connectivity index (χ1n) is 10.4. The summed E-state index contributed by atoms with van der Waals surface area (Å²) in [4.78, 5) is 26.6. The maximum absolute atomic E-state index is 13.3. The topological polar surface area (TPSA) is 70.7 Å². The molecular weight excluding hydrogens is 421 g/mol. The summed E-state index contributed by atoms with van der Waals surface area (Å²) in [5, 5.41) is 6.35. The second-order valence-electron chi connectivity index (χ2n) is 7.39. The summed E-state index contributed by atoms with van der Waals surface area (Å²) >= 11 is 5.82. The Morgan fingerprint density at radius 3 is 2.39 bits per heavy atom. The van der Waals surface area contributed by atoms with Crippen LogP contribution in [-0.2, 0) is 9.53 Å². The smallest absolute Gasteiger partial charge is 0.251 e. The van der Waals surface area contributed by atoms with Gasteiger partial charge in [-0.1, -0.05) is 23.7 Å². The van der Waals surface area contributed by atoms with Crippen LogP contribution in [0.1, 0.15) is 34.8 Å². The van der Waals surface area contributed by atoms with Crippen LogP contribution >= 0.6 is 11.6 Å². The molecule has 3 rings (SSSR count). The number of carbonyl (C=O) groups is 2. The van der Waals surface area contributed by atoms with Crippen molar-refractivity contribution in [1.82, 2.24) is 15.5 Å². The van der Waals surface area contributed by atoms with Gasteiger partial charge in [-0.05, 0) is 48.4 Å². The Hall–Kier alpha value is -2.48. The molecule has 1 fully saturated rings. The molecule has 6 nitrogen and oxygen atoms in total. The minimum atomic E-state index is -0.283. The summed E-state index contributed by atoms with van der Waals surface area (Å²) in [6.07, 6.45) is 0.837. The molecule has 1 aliphatic heterocycles. The van der Waals surface area contributed by atoms with Crippen molar-refractivity contribution in [2.45, 2.75) is 18.9 Å². The number of benzene rings is 2. The number of amides is 2. The van der Waals surface area contributed by atoms with Crippen LogP contribution in [0, 0.1) is 5.82 Å². The number of carbonyl (C=O) groups excluding carboxylic acids is 2. The lowest BCUT2D eigenvalue weighted by atomic mass is 10.0. The molecule has 31 heavy (non-hydrogen) atoms. The molecule has 8 heteroatoms. The number of hydrogen-bond acceptors (Lipinski definition) is 4. The average Bonchev–Trinajstić information content (AvgIpc) is 2.79. The Morgan fingerprint density at radius 1 is 1.03 bits per heavy atom. The molecule has 1 saturated heterocycles. The summed E-state index contributed by atoms with van der Waals surface area (Å²) in [6.45, 7) is 3.63. The number of hydrogen-bond donors (Lipinski definition) is 2. The second-order valence-corrected chi connectivity index (χ2v) is 7.82. The normalized spacial score (nSPS) is 15.3. The van der Waals surface area contributed by atoms with Crippen molar-refractivity contribution in [1.29, 1.82) is 0 Å². The van der Waals surface area contributed by atoms with Gasteiger partial charge in [-0.25, -0.2) is 4.39 Å². The molecule has 0 aliphatic carbocycles. The van der Waals surface area contributed by atoms with Gasteiger partial charge in [0.2, 0.25) is 5.91 Å². The molecule has 0 saturated carbocycles. The third-order valence-electron chi connectivity index (χ3n) is 5.21. The van der Waals surface area contributed by atoms with E-state index in [1.807, 2.05) is 0 Å². The summed E-state index contributed by atoms with van der Waals surface area (Å²) in [5.74, 6) is -0.559. The first-order chi connectivity index (χ1) is 15.0. The Kier molecular flexibility index (Phi) is 8.82. The van der Waals surface area contributed by atoms with Crippen LogP contribution < -0.4 is 10.6 Å². The Morgan fingerprint density at radius 2 is 1.71 bits per heavy atom. The van der Waals surface area contributed by atoms with Crippen molar-refractivity contribution in [2.75, 3.05) is 39.4 Å². The predicted molar refractivity (Wildman–Crippen MR) is 118 cm³/mol. The van der Waals surface area contributed by atoms with Crippen molar-refractivity contribution >= 4 is 23.4 Å². The van der Waals surface area contributed by atoms with Gasteiger partial charge < -0.3 is 15.4 Å². The van der Waals surface area contributed by atoms with Crippen molar-refractivity contribution in [2.24, 2.45) is 0 Å². The Bertz CT molecular complexity index is 855. The van der Waals surface area contributed by atoms with E-state index in [2.05, 4.69) is 15.5 Å². The highest BCUT2D eigenvalue weighted by Crippen LogP contribution is 2.21. The van der Waals surface area contributed by atoms with Gasteiger partial charge in [0.25, 0.3) is 5.91 Å². The largest absolute Gasteiger partial charge is 0.379 e. The fraction of sp³-hybridized carbons (Fsp3) is 0.391. The zero-order valence-electron chi connectivity index (χ0n) is 17.3. The summed E-state index contributed by atoms with van der Waals surface area (Å²) in [6, 6.07) is 13.0. The molecule has 2 aromatic rings. The van der Waals surface area contributed by atoms with E-state index in [4.69, 9.17) is 16.3 Å². The summed E-state index contributed by atoms with van der Waals surface area (Å²) in [5.41, 5.74) is 1.49. The van der Waals surface area contributed by atoms with Crippen LogP contribution in [0.25, 0.3) is 0 Å². The SMILES string of the molecule is O=C(CCCNC(=O)c1ccc(Cl)cc1)NCC(c1ccc(F)cc1)N1CCOCC1. The first-order valence-corrected chi connectivity index (χ1v) is 10.8. The van der Waals surface area contributed by atoms with E-state index in [9.17, 15) is 14.0 Å². The number of nitrogens with zero attached hydrogens (tertiary/aromatic N) is 1. The molecule has 2 N–H and O–H groups in total. The predicted octanol–water partition coefficient (Wildman–Crippen LogP) is 3.18. The van der Waals surface area contributed by atoms with Gasteiger partial charge in [0.15, 0.2) is 0 Å². The number of nitrogens with one attached hydrogen (secondary N) is 2. The van der Waals surface area contributed by atoms with Crippen molar-refractivity contribution in [3.63, 3.8) is 0 Å². The minimum absolute atomic E-state index is 0.0435. The van der Waals surface area contributed by atoms with E-state index in [1.54, 1.807) is 36.4 Å². The lowest BCUT2D eigenvalue weighted by Crippen LogP contribution is -2.43. The maximum Gasteiger partial charge on any atom is 0.251 e. The summed E-state index contributed by atoms with van der Waals surface area (Å²) in [7, 11) is 0. The van der Waals surface area contributed by atoms with E-state index in [0.717, 1.165) is 18.7 Å².